The van der Waals surface area contributed by atoms with Gasteiger partial charge < -0.3 is 19.1 Å². The lowest BCUT2D eigenvalue weighted by Crippen LogP contribution is -2.46. The molecule has 0 N–H and O–H groups in total. The second-order valence-electron chi connectivity index (χ2n) is 11.8. The molecule has 4 aromatic rings. The Hall–Kier alpha value is -4.24. The van der Waals surface area contributed by atoms with Crippen molar-refractivity contribution in [2.45, 2.75) is 13.0 Å². The molecule has 4 aromatic heterocycles. The smallest absolute Gasteiger partial charge is 0.212 e. The second-order valence-corrected chi connectivity index (χ2v) is 11.8. The van der Waals surface area contributed by atoms with Gasteiger partial charge in [-0.2, -0.15) is 10.4 Å². The lowest BCUT2D eigenvalue weighted by atomic mass is 9.85. The minimum Gasteiger partial charge on any atom is -0.491 e. The predicted molar refractivity (Wildman–Crippen MR) is 161 cm³/mol. The minimum atomic E-state index is 0.372. The number of ether oxygens (including phenoxy) is 3. The molecule has 1 spiro atoms. The highest BCUT2D eigenvalue weighted by Gasteiger charge is 2.44. The molecule has 0 saturated carbocycles. The number of fused-ring (bicyclic) bond motifs is 1. The Morgan fingerprint density at radius 2 is 1.88 bits per heavy atom. The van der Waals surface area contributed by atoms with E-state index >= 15 is 0 Å². The van der Waals surface area contributed by atoms with E-state index < -0.39 is 0 Å². The molecule has 3 aliphatic heterocycles. The molecule has 7 heterocycles. The average Bonchev–Trinajstić information content (AvgIpc) is 3.67. The quantitative estimate of drug-likeness (QED) is 0.293. The van der Waals surface area contributed by atoms with Crippen LogP contribution in [0.1, 0.15) is 17.5 Å². The zero-order valence-electron chi connectivity index (χ0n) is 24.5. The Morgan fingerprint density at radius 1 is 1.00 bits per heavy atom. The molecule has 0 amide bonds. The number of rotatable bonds is 9. The minimum absolute atomic E-state index is 0.372. The van der Waals surface area contributed by atoms with Crippen LogP contribution in [0.5, 0.6) is 11.6 Å². The van der Waals surface area contributed by atoms with Crippen LogP contribution < -0.4 is 14.4 Å². The number of likely N-dealkylation sites (tertiary alicyclic amines) is 1. The van der Waals surface area contributed by atoms with Crippen LogP contribution in [0.15, 0.2) is 55.1 Å². The Kier molecular flexibility index (Phi) is 7.57. The van der Waals surface area contributed by atoms with Gasteiger partial charge in [0.25, 0.3) is 0 Å². The molecule has 0 radical (unpaired) electrons. The maximum Gasteiger partial charge on any atom is 0.212 e. The largest absolute Gasteiger partial charge is 0.491 e. The summed E-state index contributed by atoms with van der Waals surface area (Å²) in [6, 6.07) is 12.4. The average molecular weight is 581 g/mol. The van der Waals surface area contributed by atoms with Gasteiger partial charge in [0.15, 0.2) is 0 Å². The molecule has 43 heavy (non-hydrogen) atoms. The van der Waals surface area contributed by atoms with Crippen LogP contribution in [0.3, 0.4) is 0 Å². The maximum atomic E-state index is 9.76. The number of pyridine rings is 3. The first-order valence-corrected chi connectivity index (χ1v) is 14.9. The summed E-state index contributed by atoms with van der Waals surface area (Å²) in [6.45, 7) is 9.97. The Morgan fingerprint density at radius 3 is 2.56 bits per heavy atom. The Balaban J connectivity index is 1.01. The maximum absolute atomic E-state index is 9.76. The van der Waals surface area contributed by atoms with Gasteiger partial charge in [0.1, 0.15) is 24.2 Å². The molecular weight excluding hydrogens is 544 g/mol. The highest BCUT2D eigenvalue weighted by atomic mass is 16.5. The highest BCUT2D eigenvalue weighted by molar-refractivity contribution is 5.85. The highest BCUT2D eigenvalue weighted by Crippen LogP contribution is 2.37. The fourth-order valence-corrected chi connectivity index (χ4v) is 6.37. The molecule has 11 heteroatoms. The fourth-order valence-electron chi connectivity index (χ4n) is 6.37. The van der Waals surface area contributed by atoms with E-state index in [0.29, 0.717) is 23.5 Å². The molecule has 3 fully saturated rings. The van der Waals surface area contributed by atoms with Gasteiger partial charge in [0.2, 0.25) is 5.88 Å². The number of nitriles is 1. The summed E-state index contributed by atoms with van der Waals surface area (Å²) in [4.78, 5) is 16.4. The van der Waals surface area contributed by atoms with Crippen molar-refractivity contribution in [2.24, 2.45) is 5.41 Å². The Labute approximate surface area is 251 Å². The number of anilines is 1. The van der Waals surface area contributed by atoms with Crippen molar-refractivity contribution in [3.63, 3.8) is 0 Å². The zero-order chi connectivity index (χ0) is 29.2. The summed E-state index contributed by atoms with van der Waals surface area (Å²) in [7, 11) is 1.63. The van der Waals surface area contributed by atoms with E-state index in [1.807, 2.05) is 30.7 Å². The molecule has 11 nitrogen and oxygen atoms in total. The van der Waals surface area contributed by atoms with Gasteiger partial charge in [-0.1, -0.05) is 6.07 Å². The second kappa shape index (κ2) is 11.8. The number of hydrogen-bond acceptors (Lipinski definition) is 10. The van der Waals surface area contributed by atoms with Crippen molar-refractivity contribution in [3.05, 3.63) is 66.2 Å². The monoisotopic (exact) mass is 580 g/mol. The van der Waals surface area contributed by atoms with Gasteiger partial charge in [-0.05, 0) is 36.7 Å². The van der Waals surface area contributed by atoms with Crippen LogP contribution in [0.4, 0.5) is 5.82 Å². The summed E-state index contributed by atoms with van der Waals surface area (Å²) in [5.41, 5.74) is 4.65. The molecule has 3 aliphatic rings. The number of nitrogens with zero attached hydrogens (tertiary/aromatic N) is 8. The van der Waals surface area contributed by atoms with Crippen LogP contribution in [-0.4, -0.2) is 102 Å². The van der Waals surface area contributed by atoms with Crippen molar-refractivity contribution in [2.75, 3.05) is 77.6 Å². The van der Waals surface area contributed by atoms with Crippen LogP contribution in [0, 0.1) is 16.7 Å². The van der Waals surface area contributed by atoms with E-state index in [2.05, 4.69) is 49.1 Å². The number of hydrogen-bond donors (Lipinski definition) is 0. The summed E-state index contributed by atoms with van der Waals surface area (Å²) in [5, 5.41) is 14.2. The molecule has 0 bridgehead atoms. The molecular formula is C32H36N8O3. The van der Waals surface area contributed by atoms with Crippen LogP contribution in [0.2, 0.25) is 0 Å². The third kappa shape index (κ3) is 5.73. The van der Waals surface area contributed by atoms with Gasteiger partial charge in [-0.15, -0.1) is 0 Å². The molecule has 0 aliphatic carbocycles. The van der Waals surface area contributed by atoms with E-state index in [4.69, 9.17) is 19.2 Å². The summed E-state index contributed by atoms with van der Waals surface area (Å²) >= 11 is 0. The first kappa shape index (κ1) is 27.6. The topological polar surface area (TPSA) is 104 Å². The standard InChI is InChI=1S/C32H36N8O3/c1-41-30-5-2-24(16-35-30)19-37-8-10-39(11-9-37)29-4-3-25(17-34-29)28-14-27(20-40-31(28)26(15-33)18-36-40)43-13-12-38-7-6-32(21-38)22-42-23-32/h2-5,14,16-18,20H,6-13,19,21-23H2,1H3. The summed E-state index contributed by atoms with van der Waals surface area (Å²) in [6.07, 6.45) is 8.44. The molecule has 0 atom stereocenters. The van der Waals surface area contributed by atoms with E-state index in [1.54, 1.807) is 17.8 Å². The summed E-state index contributed by atoms with van der Waals surface area (Å²) < 4.78 is 18.6. The molecule has 0 aromatic carbocycles. The number of methoxy groups -OCH3 is 1. The normalized spacial score (nSPS) is 18.6. The van der Waals surface area contributed by atoms with Crippen LogP contribution in [-0.2, 0) is 11.3 Å². The SMILES string of the molecule is COc1ccc(CN2CCN(c3ccc(-c4cc(OCCN5CCC6(COC6)C5)cn5ncc(C#N)c45)cn3)CC2)cn1. The van der Waals surface area contributed by atoms with Gasteiger partial charge in [-0.3, -0.25) is 9.80 Å². The van der Waals surface area contributed by atoms with Crippen LogP contribution >= 0.6 is 0 Å². The molecule has 3 saturated heterocycles. The van der Waals surface area contributed by atoms with Gasteiger partial charge in [0.05, 0.1) is 43.8 Å². The van der Waals surface area contributed by atoms with E-state index in [0.717, 1.165) is 93.8 Å². The first-order chi connectivity index (χ1) is 21.1. The van der Waals surface area contributed by atoms with E-state index in [1.165, 1.54) is 12.0 Å². The third-order valence-corrected chi connectivity index (χ3v) is 8.89. The van der Waals surface area contributed by atoms with E-state index in [9.17, 15) is 5.26 Å². The van der Waals surface area contributed by atoms with Gasteiger partial charge in [0, 0.05) is 80.8 Å². The molecule has 7 rings (SSSR count). The van der Waals surface area contributed by atoms with Crippen LogP contribution in [0.25, 0.3) is 16.6 Å². The van der Waals surface area contributed by atoms with Crippen molar-refractivity contribution in [1.29, 1.82) is 5.26 Å². The van der Waals surface area contributed by atoms with Gasteiger partial charge >= 0.3 is 0 Å². The van der Waals surface area contributed by atoms with Crippen molar-refractivity contribution in [1.82, 2.24) is 29.4 Å². The van der Waals surface area contributed by atoms with Crippen molar-refractivity contribution in [3.8, 4) is 28.8 Å². The fraction of sp³-hybridized carbons (Fsp3) is 0.438. The predicted octanol–water partition coefficient (Wildman–Crippen LogP) is 3.09. The van der Waals surface area contributed by atoms with Crippen molar-refractivity contribution >= 4 is 11.3 Å². The zero-order valence-corrected chi connectivity index (χ0v) is 24.5. The summed E-state index contributed by atoms with van der Waals surface area (Å²) in [5.74, 6) is 2.31. The number of piperazine rings is 1. The number of aromatic nitrogens is 4. The van der Waals surface area contributed by atoms with E-state index in [-0.39, 0.29) is 0 Å². The third-order valence-electron chi connectivity index (χ3n) is 8.89. The molecule has 0 unspecified atom stereocenters. The van der Waals surface area contributed by atoms with Crippen molar-refractivity contribution < 1.29 is 14.2 Å². The first-order valence-electron chi connectivity index (χ1n) is 14.9. The molecule has 222 valence electrons. The lowest BCUT2D eigenvalue weighted by Gasteiger charge is -2.37. The Bertz CT molecular complexity index is 1600. The van der Waals surface area contributed by atoms with Gasteiger partial charge in [-0.25, -0.2) is 14.5 Å². The lowest BCUT2D eigenvalue weighted by molar-refractivity contribution is -0.105.